The summed E-state index contributed by atoms with van der Waals surface area (Å²) in [5, 5.41) is 6.94. The molecule has 0 aliphatic heterocycles. The Balaban J connectivity index is 1.08. The van der Waals surface area contributed by atoms with Crippen molar-refractivity contribution in [3.05, 3.63) is 199 Å². The van der Waals surface area contributed by atoms with Crippen LogP contribution in [0.4, 0.5) is 11.4 Å². The Hall–Kier alpha value is -7.86. The second-order valence-electron chi connectivity index (χ2n) is 14.0. The summed E-state index contributed by atoms with van der Waals surface area (Å²) in [6, 6.07) is 61.3. The van der Waals surface area contributed by atoms with Crippen molar-refractivity contribution in [2.75, 3.05) is 0 Å². The molecule has 0 atom stereocenters. The lowest BCUT2D eigenvalue weighted by atomic mass is 10.0. The van der Waals surface area contributed by atoms with E-state index in [2.05, 4.69) is 163 Å². The zero-order chi connectivity index (χ0) is 36.6. The maximum absolute atomic E-state index is 8.39. The van der Waals surface area contributed by atoms with Gasteiger partial charge in [-0.15, -0.1) is 0 Å². The van der Waals surface area contributed by atoms with Gasteiger partial charge in [0.2, 0.25) is 0 Å². The van der Waals surface area contributed by atoms with Crippen LogP contribution in [0.2, 0.25) is 0 Å². The fourth-order valence-corrected chi connectivity index (χ4v) is 8.69. The second kappa shape index (κ2) is 11.8. The predicted molar refractivity (Wildman–Crippen MR) is 227 cm³/mol. The van der Waals surface area contributed by atoms with Crippen LogP contribution in [0.1, 0.15) is 0 Å². The number of rotatable bonds is 4. The molecule has 11 rings (SSSR count). The third-order valence-corrected chi connectivity index (χ3v) is 11.1. The molecule has 55 heavy (non-hydrogen) atoms. The van der Waals surface area contributed by atoms with E-state index in [1.807, 2.05) is 36.4 Å². The van der Waals surface area contributed by atoms with Crippen LogP contribution in [-0.4, -0.2) is 13.7 Å². The van der Waals surface area contributed by atoms with Crippen LogP contribution in [0.5, 0.6) is 0 Å². The Bertz CT molecular complexity index is 3420. The van der Waals surface area contributed by atoms with Gasteiger partial charge in [0.1, 0.15) is 0 Å². The van der Waals surface area contributed by atoms with Crippen molar-refractivity contribution in [1.29, 1.82) is 0 Å². The van der Waals surface area contributed by atoms with Gasteiger partial charge in [-0.05, 0) is 89.3 Å². The van der Waals surface area contributed by atoms with Crippen molar-refractivity contribution in [3.63, 3.8) is 0 Å². The van der Waals surface area contributed by atoms with Crippen molar-refractivity contribution in [2.45, 2.75) is 0 Å². The Morgan fingerprint density at radius 2 is 0.818 bits per heavy atom. The summed E-state index contributed by atoms with van der Waals surface area (Å²) in [5.74, 6) is 0. The molecule has 0 aliphatic carbocycles. The molecule has 0 bridgehead atoms. The molecule has 0 saturated carbocycles. The molecule has 0 N–H and O–H groups in total. The average Bonchev–Trinajstić information content (AvgIpc) is 3.88. The van der Waals surface area contributed by atoms with E-state index in [0.29, 0.717) is 11.4 Å². The third-order valence-electron chi connectivity index (χ3n) is 11.1. The lowest BCUT2D eigenvalue weighted by Gasteiger charge is -2.14. The second-order valence-corrected chi connectivity index (χ2v) is 14.0. The highest BCUT2D eigenvalue weighted by atomic mass is 15.0. The summed E-state index contributed by atoms with van der Waals surface area (Å²) in [4.78, 5) is 7.80. The fraction of sp³-hybridized carbons (Fsp3) is 0. The number of benzene rings is 8. The molecule has 5 heteroatoms. The van der Waals surface area contributed by atoms with Crippen molar-refractivity contribution in [1.82, 2.24) is 13.7 Å². The van der Waals surface area contributed by atoms with E-state index in [-0.39, 0.29) is 0 Å². The summed E-state index contributed by atoms with van der Waals surface area (Å²) in [5.41, 5.74) is 12.7. The van der Waals surface area contributed by atoms with Crippen LogP contribution >= 0.6 is 0 Å². The van der Waals surface area contributed by atoms with Crippen LogP contribution in [0.15, 0.2) is 176 Å². The van der Waals surface area contributed by atoms with Gasteiger partial charge in [-0.1, -0.05) is 103 Å². The molecule has 3 aromatic heterocycles. The zero-order valence-corrected chi connectivity index (χ0v) is 29.5. The summed E-state index contributed by atoms with van der Waals surface area (Å²) in [7, 11) is 0. The molecule has 3 heterocycles. The normalized spacial score (nSPS) is 11.6. The van der Waals surface area contributed by atoms with Crippen LogP contribution < -0.4 is 0 Å². The first kappa shape index (κ1) is 30.7. The first-order valence-electron chi connectivity index (χ1n) is 18.3. The van der Waals surface area contributed by atoms with Gasteiger partial charge in [0.05, 0.1) is 46.2 Å². The molecule has 0 unspecified atom stereocenters. The lowest BCUT2D eigenvalue weighted by molar-refractivity contribution is 1.16. The van der Waals surface area contributed by atoms with Gasteiger partial charge in [0, 0.05) is 44.0 Å². The van der Waals surface area contributed by atoms with Crippen LogP contribution in [0.25, 0.3) is 103 Å². The number of nitrogens with zero attached hydrogens (tertiary/aromatic N) is 5. The lowest BCUT2D eigenvalue weighted by Crippen LogP contribution is -1.97. The topological polar surface area (TPSA) is 23.5 Å². The average molecular weight is 700 g/mol. The van der Waals surface area contributed by atoms with Gasteiger partial charge in [-0.25, -0.2) is 9.69 Å². The van der Waals surface area contributed by atoms with E-state index in [9.17, 15) is 0 Å². The van der Waals surface area contributed by atoms with E-state index in [1.165, 1.54) is 27.2 Å². The van der Waals surface area contributed by atoms with Gasteiger partial charge in [0.25, 0.3) is 0 Å². The summed E-state index contributed by atoms with van der Waals surface area (Å²) < 4.78 is 6.90. The van der Waals surface area contributed by atoms with E-state index < -0.39 is 0 Å². The molecule has 0 saturated heterocycles. The predicted octanol–water partition coefficient (Wildman–Crippen LogP) is 13.7. The fourth-order valence-electron chi connectivity index (χ4n) is 8.69. The van der Waals surface area contributed by atoms with Crippen LogP contribution in [-0.2, 0) is 0 Å². The number of aromatic nitrogens is 3. The molecule has 0 radical (unpaired) electrons. The van der Waals surface area contributed by atoms with Gasteiger partial charge >= 0.3 is 0 Å². The minimum Gasteiger partial charge on any atom is -0.310 e. The molecule has 0 fully saturated rings. The molecule has 11 aromatic rings. The quantitative estimate of drug-likeness (QED) is 0.163. The number of para-hydroxylation sites is 4. The summed E-state index contributed by atoms with van der Waals surface area (Å²) in [6.07, 6.45) is 0. The number of hydrogen-bond donors (Lipinski definition) is 0. The van der Waals surface area contributed by atoms with Crippen molar-refractivity contribution in [2.24, 2.45) is 0 Å². The molecular formula is C50H29N5. The maximum atomic E-state index is 8.39. The molecule has 0 spiro atoms. The highest BCUT2D eigenvalue weighted by Crippen LogP contribution is 2.40. The van der Waals surface area contributed by atoms with Crippen molar-refractivity contribution in [3.8, 4) is 28.2 Å². The molecular weight excluding hydrogens is 671 g/mol. The van der Waals surface area contributed by atoms with Gasteiger partial charge < -0.3 is 13.7 Å². The van der Waals surface area contributed by atoms with Gasteiger partial charge in [0.15, 0.2) is 11.4 Å². The van der Waals surface area contributed by atoms with Crippen molar-refractivity contribution < 1.29 is 0 Å². The van der Waals surface area contributed by atoms with E-state index >= 15 is 0 Å². The SMILES string of the molecule is [C-]#[N+]c1ccc2c(c1)c1ccccc1n2-c1cccc(-c2ccc(-n3c4ccccc4c4ccc(-n5c6ccccc6c6ccccc65)cc43)cc2[N+]#[C-])c1. The first-order valence-corrected chi connectivity index (χ1v) is 18.3. The number of hydrogen-bond acceptors (Lipinski definition) is 0. The zero-order valence-electron chi connectivity index (χ0n) is 29.5. The highest BCUT2D eigenvalue weighted by molar-refractivity contribution is 6.13. The van der Waals surface area contributed by atoms with E-state index in [4.69, 9.17) is 13.1 Å². The van der Waals surface area contributed by atoms with E-state index in [0.717, 1.165) is 66.4 Å². The van der Waals surface area contributed by atoms with Crippen molar-refractivity contribution >= 4 is 76.8 Å². The number of fused-ring (bicyclic) bond motifs is 9. The monoisotopic (exact) mass is 699 g/mol. The third kappa shape index (κ3) is 4.51. The van der Waals surface area contributed by atoms with E-state index in [1.54, 1.807) is 0 Å². The minimum absolute atomic E-state index is 0.586. The summed E-state index contributed by atoms with van der Waals surface area (Å²) >= 11 is 0. The Kier molecular flexibility index (Phi) is 6.61. The van der Waals surface area contributed by atoms with Crippen LogP contribution in [0, 0.1) is 13.1 Å². The van der Waals surface area contributed by atoms with Gasteiger partial charge in [-0.2, -0.15) is 0 Å². The Labute approximate surface area is 316 Å². The highest BCUT2D eigenvalue weighted by Gasteiger charge is 2.18. The molecule has 8 aromatic carbocycles. The molecule has 0 aliphatic rings. The largest absolute Gasteiger partial charge is 0.310 e. The standard InChI is InChI=1S/C50H29N5/c1-51-33-22-27-49-43(29-33)41-17-6-10-21-48(41)53(49)34-13-11-12-32(28-34)37-25-23-35(30-44(37)52-2)55-47-20-9-5-16-40(47)42-26-24-36(31-50(42)55)54-45-18-7-3-14-38(45)39-15-4-8-19-46(39)54/h3-31H. The summed E-state index contributed by atoms with van der Waals surface area (Å²) in [6.45, 7) is 16.0. The Morgan fingerprint density at radius 3 is 1.42 bits per heavy atom. The molecule has 0 amide bonds. The smallest absolute Gasteiger partial charge is 0.196 e. The molecule has 254 valence electrons. The Morgan fingerprint density at radius 1 is 0.327 bits per heavy atom. The maximum Gasteiger partial charge on any atom is 0.196 e. The van der Waals surface area contributed by atoms with Gasteiger partial charge in [-0.3, -0.25) is 0 Å². The minimum atomic E-state index is 0.586. The molecule has 5 nitrogen and oxygen atoms in total. The van der Waals surface area contributed by atoms with Crippen LogP contribution in [0.3, 0.4) is 0 Å². The first-order chi connectivity index (χ1) is 27.2.